The molecular weight excluding hydrogens is 226 g/mol. The fraction of sp³-hybridized carbons (Fsp3) is 0.400. The van der Waals surface area contributed by atoms with Gasteiger partial charge in [-0.25, -0.2) is 4.98 Å². The second-order valence-electron chi connectivity index (χ2n) is 4.44. The molecule has 0 aliphatic rings. The van der Waals surface area contributed by atoms with Crippen LogP contribution in [0.4, 0.5) is 0 Å². The van der Waals surface area contributed by atoms with Crippen molar-refractivity contribution in [3.05, 3.63) is 41.3 Å². The molecule has 1 N–H and O–H groups in total. The molecule has 0 aliphatic carbocycles. The normalized spacial score (nSPS) is 10.8. The van der Waals surface area contributed by atoms with Crippen molar-refractivity contribution in [1.82, 2.24) is 4.98 Å². The highest BCUT2D eigenvalue weighted by Gasteiger charge is 2.10. The zero-order valence-electron chi connectivity index (χ0n) is 10.9. The number of rotatable bonds is 5. The number of aromatic nitrogens is 1. The van der Waals surface area contributed by atoms with Gasteiger partial charge >= 0.3 is 0 Å². The molecule has 2 rings (SSSR count). The summed E-state index contributed by atoms with van der Waals surface area (Å²) in [6, 6.07) is 8.31. The first kappa shape index (κ1) is 12.8. The molecule has 3 heteroatoms. The van der Waals surface area contributed by atoms with Crippen molar-refractivity contribution in [2.24, 2.45) is 0 Å². The first-order valence-corrected chi connectivity index (χ1v) is 6.41. The topological polar surface area (TPSA) is 46.3 Å². The summed E-state index contributed by atoms with van der Waals surface area (Å²) >= 11 is 0. The third kappa shape index (κ3) is 2.79. The summed E-state index contributed by atoms with van der Waals surface area (Å²) in [4.78, 5) is 4.42. The van der Waals surface area contributed by atoms with Gasteiger partial charge in [0.05, 0.1) is 5.69 Å². The molecule has 0 amide bonds. The monoisotopic (exact) mass is 245 g/mol. The van der Waals surface area contributed by atoms with Gasteiger partial charge in [-0.1, -0.05) is 25.5 Å². The van der Waals surface area contributed by atoms with Crippen LogP contribution in [0.5, 0.6) is 0 Å². The summed E-state index contributed by atoms with van der Waals surface area (Å²) in [6.07, 6.45) is 2.79. The Balaban J connectivity index is 2.22. The van der Waals surface area contributed by atoms with Crippen LogP contribution in [-0.2, 0) is 12.8 Å². The molecule has 0 aliphatic heterocycles. The number of oxazole rings is 1. The quantitative estimate of drug-likeness (QED) is 0.880. The Morgan fingerprint density at radius 2 is 1.89 bits per heavy atom. The van der Waals surface area contributed by atoms with Crippen molar-refractivity contribution in [2.75, 3.05) is 6.61 Å². The molecule has 0 fully saturated rings. The minimum atomic E-state index is 0.0995. The number of aliphatic hydroxyl groups is 1. The van der Waals surface area contributed by atoms with Gasteiger partial charge in [-0.3, -0.25) is 0 Å². The Kier molecular flexibility index (Phi) is 4.15. The number of benzene rings is 1. The summed E-state index contributed by atoms with van der Waals surface area (Å²) in [5.74, 6) is 1.43. The molecule has 1 aromatic carbocycles. The molecule has 0 radical (unpaired) electrons. The molecule has 0 saturated heterocycles. The standard InChI is InChI=1S/C15H19NO2/c1-3-4-12-5-7-13(8-6-12)15-16-14(9-10-17)11(2)18-15/h5-8,17H,3-4,9-10H2,1-2H3. The van der Waals surface area contributed by atoms with E-state index in [9.17, 15) is 0 Å². The van der Waals surface area contributed by atoms with Crippen molar-refractivity contribution in [3.63, 3.8) is 0 Å². The summed E-state index contributed by atoms with van der Waals surface area (Å²) in [6.45, 7) is 4.15. The minimum absolute atomic E-state index is 0.0995. The third-order valence-corrected chi connectivity index (χ3v) is 2.98. The third-order valence-electron chi connectivity index (χ3n) is 2.98. The molecule has 0 atom stereocenters. The SMILES string of the molecule is CCCc1ccc(-c2nc(CCO)c(C)o2)cc1. The zero-order valence-corrected chi connectivity index (χ0v) is 10.9. The van der Waals surface area contributed by atoms with Gasteiger partial charge in [0.1, 0.15) is 5.76 Å². The number of hydrogen-bond acceptors (Lipinski definition) is 3. The Morgan fingerprint density at radius 1 is 1.17 bits per heavy atom. The first-order chi connectivity index (χ1) is 8.74. The largest absolute Gasteiger partial charge is 0.441 e. The summed E-state index contributed by atoms with van der Waals surface area (Å²) in [7, 11) is 0. The van der Waals surface area contributed by atoms with Crippen LogP contribution in [0.25, 0.3) is 11.5 Å². The Morgan fingerprint density at radius 3 is 2.50 bits per heavy atom. The van der Waals surface area contributed by atoms with E-state index in [1.54, 1.807) is 0 Å². The first-order valence-electron chi connectivity index (χ1n) is 6.41. The van der Waals surface area contributed by atoms with E-state index in [0.717, 1.165) is 29.9 Å². The molecule has 2 aromatic rings. The number of hydrogen-bond donors (Lipinski definition) is 1. The maximum Gasteiger partial charge on any atom is 0.226 e. The molecule has 0 spiro atoms. The smallest absolute Gasteiger partial charge is 0.226 e. The van der Waals surface area contributed by atoms with E-state index in [0.29, 0.717) is 12.3 Å². The van der Waals surface area contributed by atoms with Crippen molar-refractivity contribution >= 4 is 0 Å². The van der Waals surface area contributed by atoms with Gasteiger partial charge < -0.3 is 9.52 Å². The zero-order chi connectivity index (χ0) is 13.0. The van der Waals surface area contributed by atoms with Crippen molar-refractivity contribution in [1.29, 1.82) is 0 Å². The average molecular weight is 245 g/mol. The molecular formula is C15H19NO2. The van der Waals surface area contributed by atoms with Crippen LogP contribution in [0.1, 0.15) is 30.4 Å². The molecule has 18 heavy (non-hydrogen) atoms. The van der Waals surface area contributed by atoms with Gasteiger partial charge in [-0.2, -0.15) is 0 Å². The highest BCUT2D eigenvalue weighted by molar-refractivity contribution is 5.54. The minimum Gasteiger partial charge on any atom is -0.441 e. The molecule has 0 unspecified atom stereocenters. The summed E-state index contributed by atoms with van der Waals surface area (Å²) in [5.41, 5.74) is 3.16. The van der Waals surface area contributed by atoms with Crippen LogP contribution in [0.15, 0.2) is 28.7 Å². The van der Waals surface area contributed by atoms with Crippen LogP contribution in [-0.4, -0.2) is 16.7 Å². The molecule has 96 valence electrons. The van der Waals surface area contributed by atoms with Gasteiger partial charge in [0.2, 0.25) is 5.89 Å². The highest BCUT2D eigenvalue weighted by Crippen LogP contribution is 2.22. The molecule has 3 nitrogen and oxygen atoms in total. The number of aryl methyl sites for hydroxylation is 2. The van der Waals surface area contributed by atoms with E-state index in [1.807, 2.05) is 19.1 Å². The lowest BCUT2D eigenvalue weighted by molar-refractivity contribution is 0.297. The lowest BCUT2D eigenvalue weighted by atomic mass is 10.1. The summed E-state index contributed by atoms with van der Waals surface area (Å²) < 4.78 is 5.63. The van der Waals surface area contributed by atoms with E-state index in [4.69, 9.17) is 9.52 Å². The van der Waals surface area contributed by atoms with Crippen LogP contribution >= 0.6 is 0 Å². The maximum atomic E-state index is 8.94. The molecule has 0 bridgehead atoms. The predicted octanol–water partition coefficient (Wildman–Crippen LogP) is 3.14. The van der Waals surface area contributed by atoms with Gasteiger partial charge in [-0.05, 0) is 31.0 Å². The Hall–Kier alpha value is -1.61. The number of nitrogens with zero attached hydrogens (tertiary/aromatic N) is 1. The van der Waals surface area contributed by atoms with Crippen LogP contribution < -0.4 is 0 Å². The van der Waals surface area contributed by atoms with E-state index < -0.39 is 0 Å². The number of aliphatic hydroxyl groups excluding tert-OH is 1. The second-order valence-corrected chi connectivity index (χ2v) is 4.44. The van der Waals surface area contributed by atoms with E-state index >= 15 is 0 Å². The van der Waals surface area contributed by atoms with E-state index in [1.165, 1.54) is 5.56 Å². The maximum absolute atomic E-state index is 8.94. The predicted molar refractivity (Wildman–Crippen MR) is 71.5 cm³/mol. The van der Waals surface area contributed by atoms with Crippen molar-refractivity contribution in [2.45, 2.75) is 33.1 Å². The fourth-order valence-corrected chi connectivity index (χ4v) is 1.99. The van der Waals surface area contributed by atoms with Gasteiger partial charge in [0.25, 0.3) is 0 Å². The van der Waals surface area contributed by atoms with Crippen molar-refractivity contribution < 1.29 is 9.52 Å². The highest BCUT2D eigenvalue weighted by atomic mass is 16.4. The second kappa shape index (κ2) is 5.83. The average Bonchev–Trinajstić information content (AvgIpc) is 2.73. The Bertz CT molecular complexity index is 500. The van der Waals surface area contributed by atoms with Crippen LogP contribution in [0.2, 0.25) is 0 Å². The summed E-state index contributed by atoms with van der Waals surface area (Å²) in [5, 5.41) is 8.94. The molecule has 0 saturated carbocycles. The van der Waals surface area contributed by atoms with E-state index in [-0.39, 0.29) is 6.61 Å². The van der Waals surface area contributed by atoms with Gasteiger partial charge in [-0.15, -0.1) is 0 Å². The van der Waals surface area contributed by atoms with Gasteiger partial charge in [0, 0.05) is 18.6 Å². The van der Waals surface area contributed by atoms with Crippen LogP contribution in [0.3, 0.4) is 0 Å². The van der Waals surface area contributed by atoms with Gasteiger partial charge in [0.15, 0.2) is 0 Å². The molecule has 1 heterocycles. The van der Waals surface area contributed by atoms with Crippen LogP contribution in [0, 0.1) is 6.92 Å². The lowest BCUT2D eigenvalue weighted by Gasteiger charge is -1.99. The molecule has 1 aromatic heterocycles. The van der Waals surface area contributed by atoms with E-state index in [2.05, 4.69) is 24.0 Å². The Labute approximate surface area is 107 Å². The van der Waals surface area contributed by atoms with Crippen molar-refractivity contribution in [3.8, 4) is 11.5 Å². The fourth-order valence-electron chi connectivity index (χ4n) is 1.99. The lowest BCUT2D eigenvalue weighted by Crippen LogP contribution is -1.92.